The molecular weight excluding hydrogens is 137 g/mol. The highest BCUT2D eigenvalue weighted by Gasteiger charge is 1.99. The van der Waals surface area contributed by atoms with Crippen molar-refractivity contribution in [2.75, 3.05) is 7.11 Å². The van der Waals surface area contributed by atoms with Gasteiger partial charge >= 0.3 is 6.72 Å². The molecule has 5 N–H and O–H groups in total. The van der Waals surface area contributed by atoms with Gasteiger partial charge in [0.15, 0.2) is 0 Å². The van der Waals surface area contributed by atoms with Gasteiger partial charge in [0, 0.05) is 7.11 Å². The summed E-state index contributed by atoms with van der Waals surface area (Å²) < 4.78 is 3.97. The van der Waals surface area contributed by atoms with Crippen LogP contribution in [0.15, 0.2) is 0 Å². The van der Waals surface area contributed by atoms with Crippen LogP contribution in [-0.4, -0.2) is 16.9 Å². The first-order valence-corrected chi connectivity index (χ1v) is 3.80. The van der Waals surface area contributed by atoms with Gasteiger partial charge in [0.1, 0.15) is 0 Å². The van der Waals surface area contributed by atoms with E-state index in [1.807, 2.05) is 0 Å². The highest BCUT2D eigenvalue weighted by atomic mass is 32.5. The molecule has 0 saturated heterocycles. The molecule has 0 atom stereocenters. The second kappa shape index (κ2) is 3.49. The highest BCUT2D eigenvalue weighted by molar-refractivity contribution is 8.06. The Labute approximate surface area is 47.0 Å². The molecule has 0 unspecified atom stereocenters. The molecule has 7 heavy (non-hydrogen) atoms. The van der Waals surface area contributed by atoms with E-state index in [9.17, 15) is 0 Å². The molecule has 0 saturated carbocycles. The van der Waals surface area contributed by atoms with Gasteiger partial charge in [0.05, 0.1) is 0 Å². The quantitative estimate of drug-likeness (QED) is 0.452. The normalized spacial score (nSPS) is 10.1. The fourth-order valence-corrected chi connectivity index (χ4v) is 0. The van der Waals surface area contributed by atoms with E-state index in [-0.39, 0.29) is 6.15 Å². The summed E-state index contributed by atoms with van der Waals surface area (Å²) >= 11 is 3.99. The molecule has 0 amide bonds. The Kier molecular flexibility index (Phi) is 5.21. The third-order valence-corrected chi connectivity index (χ3v) is 1.16. The predicted octanol–water partition coefficient (Wildman–Crippen LogP) is 0.00390. The Morgan fingerprint density at radius 1 is 1.57 bits per heavy atom. The summed E-state index contributed by atoms with van der Waals surface area (Å²) in [6.07, 6.45) is 0. The first-order chi connectivity index (χ1) is 2.56. The lowest BCUT2D eigenvalue weighted by Gasteiger charge is -1.98. The van der Waals surface area contributed by atoms with Crippen molar-refractivity contribution in [2.24, 2.45) is 0 Å². The molecular formula is CH8NO3PS. The Morgan fingerprint density at radius 3 is 1.71 bits per heavy atom. The predicted molar refractivity (Wildman–Crippen MR) is 30.8 cm³/mol. The van der Waals surface area contributed by atoms with Crippen LogP contribution in [0.4, 0.5) is 0 Å². The smallest absolute Gasteiger partial charge is 0.321 e. The molecule has 4 nitrogen and oxygen atoms in total. The maximum Gasteiger partial charge on any atom is 0.321 e. The van der Waals surface area contributed by atoms with Gasteiger partial charge in [-0.05, 0) is 11.8 Å². The van der Waals surface area contributed by atoms with Crippen LogP contribution < -0.4 is 6.15 Å². The first-order valence-electron chi connectivity index (χ1n) is 1.17. The summed E-state index contributed by atoms with van der Waals surface area (Å²) in [6.45, 7) is -3.31. The van der Waals surface area contributed by atoms with Crippen LogP contribution in [0.5, 0.6) is 0 Å². The number of rotatable bonds is 1. The monoisotopic (exact) mass is 145 g/mol. The van der Waals surface area contributed by atoms with Gasteiger partial charge in [-0.1, -0.05) is 0 Å². The topological polar surface area (TPSA) is 84.7 Å². The van der Waals surface area contributed by atoms with Crippen LogP contribution >= 0.6 is 6.72 Å². The van der Waals surface area contributed by atoms with Gasteiger partial charge in [-0.25, -0.2) is 0 Å². The van der Waals surface area contributed by atoms with E-state index < -0.39 is 6.72 Å². The fraction of sp³-hybridized carbons (Fsp3) is 1.00. The number of hydrogen-bond acceptors (Lipinski definition) is 3. The average molecular weight is 145 g/mol. The molecule has 0 heterocycles. The van der Waals surface area contributed by atoms with Crippen molar-refractivity contribution >= 4 is 18.5 Å². The van der Waals surface area contributed by atoms with Gasteiger partial charge in [-0.15, -0.1) is 0 Å². The van der Waals surface area contributed by atoms with E-state index in [4.69, 9.17) is 9.79 Å². The largest absolute Gasteiger partial charge is 0.344 e. The minimum atomic E-state index is -3.31. The third kappa shape index (κ3) is 10.7. The summed E-state index contributed by atoms with van der Waals surface area (Å²) in [5.74, 6) is 0. The van der Waals surface area contributed by atoms with Crippen molar-refractivity contribution in [3.8, 4) is 0 Å². The van der Waals surface area contributed by atoms with E-state index in [2.05, 4.69) is 16.3 Å². The Balaban J connectivity index is 0. The van der Waals surface area contributed by atoms with E-state index in [0.717, 1.165) is 7.11 Å². The Morgan fingerprint density at radius 2 is 1.71 bits per heavy atom. The molecule has 0 spiro atoms. The average Bonchev–Trinajstić information content (AvgIpc) is 1.35. The zero-order valence-corrected chi connectivity index (χ0v) is 5.58. The maximum absolute atomic E-state index is 8.09. The van der Waals surface area contributed by atoms with Crippen molar-refractivity contribution in [2.45, 2.75) is 0 Å². The molecule has 0 aromatic rings. The van der Waals surface area contributed by atoms with E-state index in [0.29, 0.717) is 0 Å². The van der Waals surface area contributed by atoms with Crippen molar-refractivity contribution in [3.63, 3.8) is 0 Å². The first kappa shape index (κ1) is 10.5. The molecule has 0 aromatic heterocycles. The van der Waals surface area contributed by atoms with Crippen LogP contribution in [-0.2, 0) is 16.3 Å². The van der Waals surface area contributed by atoms with Gasteiger partial charge < -0.3 is 20.5 Å². The van der Waals surface area contributed by atoms with Crippen molar-refractivity contribution in [1.82, 2.24) is 6.15 Å². The van der Waals surface area contributed by atoms with E-state index >= 15 is 0 Å². The van der Waals surface area contributed by atoms with Crippen LogP contribution in [0, 0.1) is 0 Å². The lowest BCUT2D eigenvalue weighted by Crippen LogP contribution is -1.75. The third-order valence-electron chi connectivity index (χ3n) is 0.238. The second-order valence-electron chi connectivity index (χ2n) is 0.673. The molecule has 0 radical (unpaired) electrons. The molecule has 0 aliphatic rings. The van der Waals surface area contributed by atoms with Crippen LogP contribution in [0.2, 0.25) is 0 Å². The molecule has 0 aromatic carbocycles. The minimum absolute atomic E-state index is 0. The van der Waals surface area contributed by atoms with E-state index in [1.165, 1.54) is 0 Å². The standard InChI is InChI=1S/CH5O3PS.H3N/c1-4-5(2,3)6;/h1H3,(H2,2,3,6);1H3. The minimum Gasteiger partial charge on any atom is -0.344 e. The van der Waals surface area contributed by atoms with Crippen LogP contribution in [0.25, 0.3) is 0 Å². The van der Waals surface area contributed by atoms with Gasteiger partial charge in [0.2, 0.25) is 0 Å². The van der Waals surface area contributed by atoms with Gasteiger partial charge in [-0.2, -0.15) is 0 Å². The summed E-state index contributed by atoms with van der Waals surface area (Å²) in [4.78, 5) is 16.2. The summed E-state index contributed by atoms with van der Waals surface area (Å²) in [5, 5.41) is 0. The fourth-order valence-electron chi connectivity index (χ4n) is 0. The lowest BCUT2D eigenvalue weighted by atomic mass is 11.8. The van der Waals surface area contributed by atoms with Crippen molar-refractivity contribution < 1.29 is 14.3 Å². The van der Waals surface area contributed by atoms with Gasteiger partial charge in [0.25, 0.3) is 0 Å². The molecule has 6 heteroatoms. The molecule has 0 fully saturated rings. The van der Waals surface area contributed by atoms with Crippen LogP contribution in [0.3, 0.4) is 0 Å². The van der Waals surface area contributed by atoms with Gasteiger partial charge in [-0.3, -0.25) is 0 Å². The lowest BCUT2D eigenvalue weighted by molar-refractivity contribution is 0.306. The Bertz CT molecular complexity index is 79.0. The zero-order chi connectivity index (χ0) is 5.21. The summed E-state index contributed by atoms with van der Waals surface area (Å²) in [6, 6.07) is 0. The molecule has 0 aliphatic heterocycles. The van der Waals surface area contributed by atoms with Crippen LogP contribution in [0.1, 0.15) is 0 Å². The van der Waals surface area contributed by atoms with Crippen molar-refractivity contribution in [3.05, 3.63) is 0 Å². The summed E-state index contributed by atoms with van der Waals surface area (Å²) in [5.41, 5.74) is 0. The van der Waals surface area contributed by atoms with E-state index in [1.54, 1.807) is 0 Å². The molecule has 0 bridgehead atoms. The SMILES string of the molecule is COP(O)(O)=S.N. The summed E-state index contributed by atoms with van der Waals surface area (Å²) in [7, 11) is 1.15. The van der Waals surface area contributed by atoms with Crippen molar-refractivity contribution in [1.29, 1.82) is 0 Å². The Hall–Kier alpha value is 0.490. The zero-order valence-electron chi connectivity index (χ0n) is 3.87. The molecule has 46 valence electrons. The molecule has 0 aliphatic carbocycles. The maximum atomic E-state index is 8.09. The molecule has 0 rings (SSSR count). The second-order valence-corrected chi connectivity index (χ2v) is 3.45. The highest BCUT2D eigenvalue weighted by Crippen LogP contribution is 2.34. The number of hydrogen-bond donors (Lipinski definition) is 3.